The number of aromatic amines is 1. The largest absolute Gasteiger partial charge is 0.508 e. The zero-order chi connectivity index (χ0) is 31.4. The summed E-state index contributed by atoms with van der Waals surface area (Å²) in [6, 6.07) is 9.66. The number of amides is 3. The Morgan fingerprint density at radius 2 is 1.40 bits per heavy atom. The molecule has 3 aromatic rings. The van der Waals surface area contributed by atoms with Crippen LogP contribution in [0.4, 0.5) is 0 Å². The lowest BCUT2D eigenvalue weighted by molar-refractivity contribution is -0.142. The van der Waals surface area contributed by atoms with E-state index in [0.717, 1.165) is 16.5 Å². The van der Waals surface area contributed by atoms with Crippen molar-refractivity contribution in [3.8, 4) is 5.75 Å². The number of hydrogen-bond acceptors (Lipinski definition) is 8. The first-order valence-electron chi connectivity index (χ1n) is 13.8. The van der Waals surface area contributed by atoms with Crippen LogP contribution in [0.1, 0.15) is 24.0 Å². The highest BCUT2D eigenvalue weighted by Crippen LogP contribution is 2.19. The molecule has 13 heteroatoms. The van der Waals surface area contributed by atoms with Crippen LogP contribution in [0.25, 0.3) is 10.9 Å². The maximum absolute atomic E-state index is 13.5. The molecule has 0 aliphatic heterocycles. The van der Waals surface area contributed by atoms with Gasteiger partial charge in [0, 0.05) is 23.5 Å². The van der Waals surface area contributed by atoms with Gasteiger partial charge in [-0.15, -0.1) is 0 Å². The Hall–Kier alpha value is -3.68. The SMILES string of the molecule is CSCCC(NC(=O)C(Cc1ccc(O)cc1)NC(=O)C(CCSC)NC(=O)C(N)Cc1c[nH]c2ccccc12)C(=O)O. The zero-order valence-electron chi connectivity index (χ0n) is 24.2. The third-order valence-electron chi connectivity index (χ3n) is 6.93. The van der Waals surface area contributed by atoms with Crippen LogP contribution in [0.3, 0.4) is 0 Å². The molecular formula is C30H39N5O6S2. The average molecular weight is 630 g/mol. The van der Waals surface area contributed by atoms with Crippen molar-refractivity contribution in [2.45, 2.75) is 49.9 Å². The molecule has 0 saturated carbocycles. The number of carbonyl (C=O) groups is 4. The first-order chi connectivity index (χ1) is 20.6. The number of rotatable bonds is 17. The van der Waals surface area contributed by atoms with Crippen molar-refractivity contribution in [1.82, 2.24) is 20.9 Å². The Morgan fingerprint density at radius 3 is 2.05 bits per heavy atom. The number of phenolic OH excluding ortho intramolecular Hbond substituents is 1. The molecule has 8 N–H and O–H groups in total. The number of phenols is 1. The number of carboxylic acid groups (broad SMARTS) is 1. The highest BCUT2D eigenvalue weighted by Gasteiger charge is 2.30. The molecule has 43 heavy (non-hydrogen) atoms. The zero-order valence-corrected chi connectivity index (χ0v) is 25.8. The van der Waals surface area contributed by atoms with E-state index in [1.807, 2.05) is 43.0 Å². The minimum Gasteiger partial charge on any atom is -0.508 e. The molecule has 0 spiro atoms. The first-order valence-corrected chi connectivity index (χ1v) is 16.6. The van der Waals surface area contributed by atoms with E-state index in [9.17, 15) is 29.4 Å². The molecular weight excluding hydrogens is 590 g/mol. The number of hydrogen-bond donors (Lipinski definition) is 7. The summed E-state index contributed by atoms with van der Waals surface area (Å²) in [6.07, 6.45) is 6.32. The molecule has 4 atom stereocenters. The molecule has 0 bridgehead atoms. The number of nitrogens with two attached hydrogens (primary N) is 1. The van der Waals surface area contributed by atoms with Gasteiger partial charge in [-0.2, -0.15) is 23.5 Å². The van der Waals surface area contributed by atoms with Gasteiger partial charge in [0.05, 0.1) is 6.04 Å². The number of aliphatic carboxylic acids is 1. The van der Waals surface area contributed by atoms with E-state index in [1.165, 1.54) is 35.7 Å². The lowest BCUT2D eigenvalue weighted by Gasteiger charge is -2.25. The van der Waals surface area contributed by atoms with Crippen LogP contribution in [0, 0.1) is 0 Å². The predicted octanol–water partition coefficient (Wildman–Crippen LogP) is 2.03. The number of para-hydroxylation sites is 1. The Balaban J connectivity index is 1.75. The number of carbonyl (C=O) groups excluding carboxylic acids is 3. The Bertz CT molecular complexity index is 1380. The summed E-state index contributed by atoms with van der Waals surface area (Å²) in [7, 11) is 0. The average Bonchev–Trinajstić information content (AvgIpc) is 3.40. The van der Waals surface area contributed by atoms with E-state index in [1.54, 1.807) is 12.1 Å². The second-order valence-corrected chi connectivity index (χ2v) is 12.1. The quantitative estimate of drug-likeness (QED) is 0.117. The van der Waals surface area contributed by atoms with E-state index in [0.29, 0.717) is 17.1 Å². The lowest BCUT2D eigenvalue weighted by Crippen LogP contribution is -2.58. The third-order valence-corrected chi connectivity index (χ3v) is 8.22. The van der Waals surface area contributed by atoms with Gasteiger partial charge < -0.3 is 36.9 Å². The summed E-state index contributed by atoms with van der Waals surface area (Å²) in [5.41, 5.74) is 8.71. The summed E-state index contributed by atoms with van der Waals surface area (Å²) in [5, 5.41) is 28.2. The lowest BCUT2D eigenvalue weighted by atomic mass is 10.0. The van der Waals surface area contributed by atoms with Gasteiger partial charge in [0.1, 0.15) is 23.9 Å². The third kappa shape index (κ3) is 10.2. The highest BCUT2D eigenvalue weighted by atomic mass is 32.2. The van der Waals surface area contributed by atoms with Gasteiger partial charge >= 0.3 is 5.97 Å². The van der Waals surface area contributed by atoms with E-state index < -0.39 is 47.9 Å². The summed E-state index contributed by atoms with van der Waals surface area (Å²) in [5.74, 6) is -1.81. The fraction of sp³-hybridized carbons (Fsp3) is 0.400. The van der Waals surface area contributed by atoms with Gasteiger partial charge in [-0.3, -0.25) is 14.4 Å². The topological polar surface area (TPSA) is 187 Å². The molecule has 3 amide bonds. The Morgan fingerprint density at radius 1 is 0.814 bits per heavy atom. The fourth-order valence-corrected chi connectivity index (χ4v) is 5.47. The number of H-pyrrole nitrogens is 1. The van der Waals surface area contributed by atoms with Crippen molar-refractivity contribution in [1.29, 1.82) is 0 Å². The molecule has 0 radical (unpaired) electrons. The van der Waals surface area contributed by atoms with Gasteiger partial charge in [-0.1, -0.05) is 30.3 Å². The van der Waals surface area contributed by atoms with Gasteiger partial charge in [-0.05, 0) is 72.6 Å². The molecule has 1 heterocycles. The number of nitrogens with one attached hydrogen (secondary N) is 4. The van der Waals surface area contributed by atoms with Crippen molar-refractivity contribution in [3.05, 3.63) is 65.9 Å². The molecule has 0 aliphatic rings. The number of aromatic nitrogens is 1. The fourth-order valence-electron chi connectivity index (χ4n) is 4.53. The van der Waals surface area contributed by atoms with Crippen molar-refractivity contribution in [3.63, 3.8) is 0 Å². The molecule has 232 valence electrons. The van der Waals surface area contributed by atoms with Crippen LogP contribution < -0.4 is 21.7 Å². The number of carboxylic acids is 1. The van der Waals surface area contributed by atoms with Crippen LogP contribution in [-0.2, 0) is 32.0 Å². The molecule has 11 nitrogen and oxygen atoms in total. The Labute approximate surface area is 259 Å². The highest BCUT2D eigenvalue weighted by molar-refractivity contribution is 7.98. The van der Waals surface area contributed by atoms with E-state index >= 15 is 0 Å². The normalized spacial score (nSPS) is 13.9. The van der Waals surface area contributed by atoms with Gasteiger partial charge in [-0.25, -0.2) is 4.79 Å². The van der Waals surface area contributed by atoms with Crippen molar-refractivity contribution < 1.29 is 29.4 Å². The van der Waals surface area contributed by atoms with Crippen molar-refractivity contribution >= 4 is 58.1 Å². The number of thioether (sulfide) groups is 2. The van der Waals surface area contributed by atoms with E-state index in [4.69, 9.17) is 5.73 Å². The number of aromatic hydroxyl groups is 1. The number of fused-ring (bicyclic) bond motifs is 1. The minimum atomic E-state index is -1.17. The summed E-state index contributed by atoms with van der Waals surface area (Å²) < 4.78 is 0. The minimum absolute atomic E-state index is 0.0377. The second kappa shape index (κ2) is 16.8. The van der Waals surface area contributed by atoms with Crippen LogP contribution in [-0.4, -0.2) is 87.1 Å². The molecule has 0 saturated heterocycles. The molecule has 0 aliphatic carbocycles. The van der Waals surface area contributed by atoms with Crippen molar-refractivity contribution in [2.75, 3.05) is 24.0 Å². The molecule has 2 aromatic carbocycles. The van der Waals surface area contributed by atoms with Gasteiger partial charge in [0.2, 0.25) is 17.7 Å². The summed E-state index contributed by atoms with van der Waals surface area (Å²) in [6.45, 7) is 0. The standard InChI is InChI=1S/C30H39N5O6S2/c1-42-13-11-24(33-27(37)22(31)16-19-17-32-23-6-4-3-5-21(19)23)28(38)35-26(15-18-7-9-20(36)10-8-18)29(39)34-25(30(40)41)12-14-43-2/h3-10,17,22,24-26,32,36H,11-16,31H2,1-2H3,(H,33,37)(H,34,39)(H,35,38)(H,40,41). The molecule has 0 fully saturated rings. The smallest absolute Gasteiger partial charge is 0.326 e. The Kier molecular flexibility index (Phi) is 13.2. The van der Waals surface area contributed by atoms with Crippen LogP contribution >= 0.6 is 23.5 Å². The van der Waals surface area contributed by atoms with Crippen LogP contribution in [0.5, 0.6) is 5.75 Å². The van der Waals surface area contributed by atoms with E-state index in [2.05, 4.69) is 20.9 Å². The number of benzene rings is 2. The summed E-state index contributed by atoms with van der Waals surface area (Å²) >= 11 is 2.96. The van der Waals surface area contributed by atoms with Crippen LogP contribution in [0.2, 0.25) is 0 Å². The molecule has 4 unspecified atom stereocenters. The first kappa shape index (κ1) is 33.8. The maximum Gasteiger partial charge on any atom is 0.326 e. The monoisotopic (exact) mass is 629 g/mol. The molecule has 1 aromatic heterocycles. The molecule has 3 rings (SSSR count). The van der Waals surface area contributed by atoms with Gasteiger partial charge in [0.15, 0.2) is 0 Å². The summed E-state index contributed by atoms with van der Waals surface area (Å²) in [4.78, 5) is 54.9. The maximum atomic E-state index is 13.5. The van der Waals surface area contributed by atoms with E-state index in [-0.39, 0.29) is 31.4 Å². The second-order valence-electron chi connectivity index (χ2n) is 10.1. The predicted molar refractivity (Wildman–Crippen MR) is 171 cm³/mol. The van der Waals surface area contributed by atoms with Crippen LogP contribution in [0.15, 0.2) is 54.7 Å². The van der Waals surface area contributed by atoms with Crippen molar-refractivity contribution in [2.24, 2.45) is 5.73 Å². The van der Waals surface area contributed by atoms with Gasteiger partial charge in [0.25, 0.3) is 0 Å².